The van der Waals surface area contributed by atoms with Crippen molar-refractivity contribution >= 4 is 17.5 Å². The van der Waals surface area contributed by atoms with Gasteiger partial charge in [0.05, 0.1) is 12.5 Å². The van der Waals surface area contributed by atoms with E-state index in [0.717, 1.165) is 16.8 Å². The Hall–Kier alpha value is -3.41. The molecule has 0 bridgehead atoms. The number of nitrogens with one attached hydrogen (secondary N) is 1. The van der Waals surface area contributed by atoms with Crippen molar-refractivity contribution in [1.29, 1.82) is 0 Å². The first-order valence-electron chi connectivity index (χ1n) is 9.67. The maximum atomic E-state index is 12.6. The average molecular weight is 389 g/mol. The molecule has 6 nitrogen and oxygen atoms in total. The fourth-order valence-corrected chi connectivity index (χ4v) is 3.48. The number of carbonyl (C=O) groups is 2. The topological polar surface area (TPSA) is 75.4 Å². The van der Waals surface area contributed by atoms with E-state index in [1.54, 1.807) is 4.90 Å². The van der Waals surface area contributed by atoms with E-state index in [4.69, 9.17) is 4.52 Å². The Morgan fingerprint density at radius 2 is 1.93 bits per heavy atom. The van der Waals surface area contributed by atoms with E-state index >= 15 is 0 Å². The van der Waals surface area contributed by atoms with Gasteiger partial charge in [-0.1, -0.05) is 41.6 Å². The molecule has 2 amide bonds. The fourth-order valence-electron chi connectivity index (χ4n) is 3.48. The second-order valence-electron chi connectivity index (χ2n) is 7.44. The molecule has 1 N–H and O–H groups in total. The number of amides is 2. The van der Waals surface area contributed by atoms with Crippen LogP contribution in [0.1, 0.15) is 23.2 Å². The van der Waals surface area contributed by atoms with Gasteiger partial charge in [0.2, 0.25) is 11.8 Å². The van der Waals surface area contributed by atoms with Crippen LogP contribution >= 0.6 is 0 Å². The molecule has 3 aromatic rings. The highest BCUT2D eigenvalue weighted by Crippen LogP contribution is 2.27. The van der Waals surface area contributed by atoms with E-state index in [0.29, 0.717) is 18.0 Å². The van der Waals surface area contributed by atoms with Crippen LogP contribution in [0, 0.1) is 19.8 Å². The molecule has 1 unspecified atom stereocenters. The zero-order valence-corrected chi connectivity index (χ0v) is 16.5. The monoisotopic (exact) mass is 389 g/mol. The molecule has 0 radical (unpaired) electrons. The zero-order chi connectivity index (χ0) is 20.4. The summed E-state index contributed by atoms with van der Waals surface area (Å²) >= 11 is 0. The second kappa shape index (κ2) is 7.91. The number of rotatable bonds is 5. The van der Waals surface area contributed by atoms with Crippen LogP contribution in [0.15, 0.2) is 59.1 Å². The average Bonchev–Trinajstić information content (AvgIpc) is 3.36. The van der Waals surface area contributed by atoms with Gasteiger partial charge in [0.25, 0.3) is 0 Å². The lowest BCUT2D eigenvalue weighted by molar-refractivity contribution is -0.126. The van der Waals surface area contributed by atoms with Gasteiger partial charge in [0.1, 0.15) is 5.69 Å². The molecular formula is C23H23N3O3. The van der Waals surface area contributed by atoms with Crippen molar-refractivity contribution in [2.75, 3.05) is 11.4 Å². The fraction of sp³-hybridized carbons (Fsp3) is 0.261. The van der Waals surface area contributed by atoms with Gasteiger partial charge >= 0.3 is 0 Å². The summed E-state index contributed by atoms with van der Waals surface area (Å²) in [6, 6.07) is 17.4. The van der Waals surface area contributed by atoms with Crippen LogP contribution in [-0.4, -0.2) is 23.5 Å². The lowest BCUT2D eigenvalue weighted by atomic mass is 10.1. The van der Waals surface area contributed by atoms with Gasteiger partial charge in [-0.3, -0.25) is 9.59 Å². The highest BCUT2D eigenvalue weighted by Gasteiger charge is 2.35. The largest absolute Gasteiger partial charge is 0.356 e. The Morgan fingerprint density at radius 1 is 1.14 bits per heavy atom. The molecular weight excluding hydrogens is 366 g/mol. The number of hydrogen-bond donors (Lipinski definition) is 1. The standard InChI is InChI=1S/C23H23N3O3/c1-15-8-9-20(10-16(15)2)26-14-18(11-22(26)27)23(28)24-13-19-12-21(29-25-19)17-6-4-3-5-7-17/h3-10,12,18H,11,13-14H2,1-2H3,(H,24,28). The molecule has 29 heavy (non-hydrogen) atoms. The molecule has 1 saturated heterocycles. The summed E-state index contributed by atoms with van der Waals surface area (Å²) in [5.74, 6) is 0.117. The van der Waals surface area contributed by atoms with Gasteiger partial charge in [0.15, 0.2) is 5.76 Å². The molecule has 1 aromatic heterocycles. The molecule has 6 heteroatoms. The second-order valence-corrected chi connectivity index (χ2v) is 7.44. The highest BCUT2D eigenvalue weighted by atomic mass is 16.5. The molecule has 0 aliphatic carbocycles. The first-order valence-corrected chi connectivity index (χ1v) is 9.67. The Bertz CT molecular complexity index is 1040. The van der Waals surface area contributed by atoms with Crippen LogP contribution in [0.2, 0.25) is 0 Å². The molecule has 148 valence electrons. The summed E-state index contributed by atoms with van der Waals surface area (Å²) in [6.45, 7) is 4.71. The van der Waals surface area contributed by atoms with Crippen molar-refractivity contribution in [2.24, 2.45) is 5.92 Å². The predicted molar refractivity (Wildman–Crippen MR) is 110 cm³/mol. The lowest BCUT2D eigenvalue weighted by Gasteiger charge is -2.18. The quantitative estimate of drug-likeness (QED) is 0.723. The van der Waals surface area contributed by atoms with E-state index in [1.165, 1.54) is 5.56 Å². The molecule has 1 atom stereocenters. The van der Waals surface area contributed by atoms with Crippen LogP contribution in [0.25, 0.3) is 11.3 Å². The Kier molecular flexibility index (Phi) is 5.16. The van der Waals surface area contributed by atoms with Gasteiger partial charge in [-0.15, -0.1) is 0 Å². The normalized spacial score (nSPS) is 16.3. The van der Waals surface area contributed by atoms with E-state index in [1.807, 2.05) is 68.4 Å². The first kappa shape index (κ1) is 18.9. The van der Waals surface area contributed by atoms with Crippen LogP contribution in [0.5, 0.6) is 0 Å². The van der Waals surface area contributed by atoms with Crippen molar-refractivity contribution in [3.8, 4) is 11.3 Å². The van der Waals surface area contributed by atoms with E-state index in [-0.39, 0.29) is 30.7 Å². The van der Waals surface area contributed by atoms with Crippen molar-refractivity contribution in [3.05, 3.63) is 71.4 Å². The number of hydrogen-bond acceptors (Lipinski definition) is 4. The van der Waals surface area contributed by atoms with Crippen molar-refractivity contribution in [3.63, 3.8) is 0 Å². The molecule has 4 rings (SSSR count). The van der Waals surface area contributed by atoms with E-state index in [9.17, 15) is 9.59 Å². The van der Waals surface area contributed by atoms with Gasteiger partial charge in [0, 0.05) is 30.3 Å². The van der Waals surface area contributed by atoms with Crippen molar-refractivity contribution in [2.45, 2.75) is 26.8 Å². The van der Waals surface area contributed by atoms with Gasteiger partial charge in [-0.25, -0.2) is 0 Å². The first-order chi connectivity index (χ1) is 14.0. The molecule has 1 aliphatic heterocycles. The molecule has 1 aliphatic rings. The minimum Gasteiger partial charge on any atom is -0.356 e. The summed E-state index contributed by atoms with van der Waals surface area (Å²) in [5.41, 5.74) is 4.73. The van der Waals surface area contributed by atoms with Crippen LogP contribution in [0.4, 0.5) is 5.69 Å². The van der Waals surface area contributed by atoms with E-state index in [2.05, 4.69) is 10.5 Å². The maximum absolute atomic E-state index is 12.6. The Morgan fingerprint density at radius 3 is 2.69 bits per heavy atom. The number of aromatic nitrogens is 1. The molecule has 0 saturated carbocycles. The Balaban J connectivity index is 1.36. The lowest BCUT2D eigenvalue weighted by Crippen LogP contribution is -2.32. The number of carbonyl (C=O) groups excluding carboxylic acids is 2. The maximum Gasteiger partial charge on any atom is 0.227 e. The van der Waals surface area contributed by atoms with Crippen LogP contribution < -0.4 is 10.2 Å². The van der Waals surface area contributed by atoms with Gasteiger partial charge in [-0.2, -0.15) is 0 Å². The van der Waals surface area contributed by atoms with Crippen molar-refractivity contribution in [1.82, 2.24) is 10.5 Å². The zero-order valence-electron chi connectivity index (χ0n) is 16.5. The number of aryl methyl sites for hydroxylation is 2. The highest BCUT2D eigenvalue weighted by molar-refractivity contribution is 6.00. The van der Waals surface area contributed by atoms with E-state index < -0.39 is 0 Å². The predicted octanol–water partition coefficient (Wildman–Crippen LogP) is 3.63. The smallest absolute Gasteiger partial charge is 0.227 e. The Labute approximate surface area is 169 Å². The number of anilines is 1. The molecule has 2 aromatic carbocycles. The van der Waals surface area contributed by atoms with Crippen LogP contribution in [-0.2, 0) is 16.1 Å². The third kappa shape index (κ3) is 4.06. The summed E-state index contributed by atoms with van der Waals surface area (Å²) in [6.07, 6.45) is 0.215. The molecule has 1 fully saturated rings. The SMILES string of the molecule is Cc1ccc(N2CC(C(=O)NCc3cc(-c4ccccc4)on3)CC2=O)cc1C. The van der Waals surface area contributed by atoms with Crippen molar-refractivity contribution < 1.29 is 14.1 Å². The number of benzene rings is 2. The molecule has 2 heterocycles. The molecule has 0 spiro atoms. The summed E-state index contributed by atoms with van der Waals surface area (Å²) in [7, 11) is 0. The van der Waals surface area contributed by atoms with Gasteiger partial charge in [-0.05, 0) is 37.1 Å². The van der Waals surface area contributed by atoms with Crippen LogP contribution in [0.3, 0.4) is 0 Å². The minimum atomic E-state index is -0.371. The summed E-state index contributed by atoms with van der Waals surface area (Å²) < 4.78 is 5.36. The minimum absolute atomic E-state index is 0.0267. The summed E-state index contributed by atoms with van der Waals surface area (Å²) in [4.78, 5) is 26.7. The summed E-state index contributed by atoms with van der Waals surface area (Å²) in [5, 5.41) is 6.90. The van der Waals surface area contributed by atoms with Gasteiger partial charge < -0.3 is 14.7 Å². The third-order valence-corrected chi connectivity index (χ3v) is 5.36. The third-order valence-electron chi connectivity index (χ3n) is 5.36. The number of nitrogens with zero attached hydrogens (tertiary/aromatic N) is 2.